The Labute approximate surface area is 117 Å². The lowest BCUT2D eigenvalue weighted by Crippen LogP contribution is -2.19. The molecule has 2 aromatic rings. The van der Waals surface area contributed by atoms with Gasteiger partial charge in [0.1, 0.15) is 17.0 Å². The molecule has 102 valence electrons. The fourth-order valence-electron chi connectivity index (χ4n) is 1.64. The van der Waals surface area contributed by atoms with Gasteiger partial charge in [-0.15, -0.1) is 11.3 Å². The van der Waals surface area contributed by atoms with Gasteiger partial charge < -0.3 is 10.1 Å². The van der Waals surface area contributed by atoms with Crippen molar-refractivity contribution in [2.24, 2.45) is 0 Å². The molecule has 0 aliphatic heterocycles. The largest absolute Gasteiger partial charge is 0.481 e. The summed E-state index contributed by atoms with van der Waals surface area (Å²) in [5.41, 5.74) is 1.84. The maximum atomic E-state index is 5.10. The molecule has 0 aliphatic rings. The van der Waals surface area contributed by atoms with Crippen LogP contribution in [0.15, 0.2) is 17.8 Å². The molecule has 2 heterocycles. The standard InChI is InChI=1S/C13H18N4OS/c1-4-5-14-9(2)11-7-19-13(17-11)10-6-12(18-3)16-8-15-10/h6-9,14H,4-5H2,1-3H3. The fourth-order valence-corrected chi connectivity index (χ4v) is 2.52. The van der Waals surface area contributed by atoms with Crippen molar-refractivity contribution in [1.29, 1.82) is 0 Å². The number of rotatable bonds is 6. The maximum absolute atomic E-state index is 5.10. The molecule has 0 aliphatic carbocycles. The highest BCUT2D eigenvalue weighted by Crippen LogP contribution is 2.26. The van der Waals surface area contributed by atoms with Gasteiger partial charge in [-0.2, -0.15) is 0 Å². The number of methoxy groups -OCH3 is 1. The predicted octanol–water partition coefficient (Wildman–Crippen LogP) is 2.67. The first-order valence-electron chi connectivity index (χ1n) is 6.29. The summed E-state index contributed by atoms with van der Waals surface area (Å²) < 4.78 is 5.10. The minimum absolute atomic E-state index is 0.258. The van der Waals surface area contributed by atoms with E-state index in [9.17, 15) is 0 Å². The summed E-state index contributed by atoms with van der Waals surface area (Å²) in [5.74, 6) is 0.555. The zero-order valence-corrected chi connectivity index (χ0v) is 12.2. The lowest BCUT2D eigenvalue weighted by atomic mass is 10.2. The average molecular weight is 278 g/mol. The van der Waals surface area contributed by atoms with Crippen LogP contribution in [0.1, 0.15) is 32.0 Å². The van der Waals surface area contributed by atoms with Crippen LogP contribution in [0, 0.1) is 0 Å². The first kappa shape index (κ1) is 13.9. The van der Waals surface area contributed by atoms with E-state index in [1.165, 1.54) is 6.33 Å². The van der Waals surface area contributed by atoms with E-state index in [2.05, 4.69) is 39.5 Å². The van der Waals surface area contributed by atoms with Gasteiger partial charge in [0.2, 0.25) is 5.88 Å². The Balaban J connectivity index is 2.15. The SMILES string of the molecule is CCCNC(C)c1csc(-c2cc(OC)ncn2)n1. The van der Waals surface area contributed by atoms with Crippen LogP contribution in [-0.4, -0.2) is 28.6 Å². The molecule has 6 heteroatoms. The molecule has 2 rings (SSSR count). The molecule has 0 spiro atoms. The molecule has 0 fully saturated rings. The Morgan fingerprint density at radius 3 is 3.00 bits per heavy atom. The van der Waals surface area contributed by atoms with Crippen LogP contribution in [0.5, 0.6) is 5.88 Å². The third kappa shape index (κ3) is 3.48. The topological polar surface area (TPSA) is 59.9 Å². The molecule has 19 heavy (non-hydrogen) atoms. The molecular formula is C13H18N4OS. The maximum Gasteiger partial charge on any atom is 0.216 e. The molecule has 5 nitrogen and oxygen atoms in total. The summed E-state index contributed by atoms with van der Waals surface area (Å²) in [7, 11) is 1.59. The van der Waals surface area contributed by atoms with Crippen LogP contribution in [-0.2, 0) is 0 Å². The Morgan fingerprint density at radius 2 is 2.26 bits per heavy atom. The summed E-state index contributed by atoms with van der Waals surface area (Å²) in [6.45, 7) is 5.27. The third-order valence-corrected chi connectivity index (χ3v) is 3.62. The third-order valence-electron chi connectivity index (χ3n) is 2.74. The van der Waals surface area contributed by atoms with Gasteiger partial charge in [0.25, 0.3) is 0 Å². The number of hydrogen-bond donors (Lipinski definition) is 1. The van der Waals surface area contributed by atoms with Gasteiger partial charge in [-0.3, -0.25) is 0 Å². The molecule has 0 aromatic carbocycles. The molecule has 1 unspecified atom stereocenters. The van der Waals surface area contributed by atoms with Gasteiger partial charge >= 0.3 is 0 Å². The Bertz CT molecular complexity index is 529. The Kier molecular flexibility index (Phi) is 4.81. The number of ether oxygens (including phenoxy) is 1. The highest BCUT2D eigenvalue weighted by molar-refractivity contribution is 7.13. The molecule has 2 aromatic heterocycles. The normalized spacial score (nSPS) is 12.4. The van der Waals surface area contributed by atoms with Gasteiger partial charge in [-0.05, 0) is 19.9 Å². The van der Waals surface area contributed by atoms with Crippen molar-refractivity contribution in [3.8, 4) is 16.6 Å². The summed E-state index contributed by atoms with van der Waals surface area (Å²) >= 11 is 1.59. The second-order valence-electron chi connectivity index (χ2n) is 4.20. The van der Waals surface area contributed by atoms with E-state index in [-0.39, 0.29) is 6.04 Å². The van der Waals surface area contributed by atoms with E-state index in [0.717, 1.165) is 29.4 Å². The number of nitrogens with zero attached hydrogens (tertiary/aromatic N) is 3. The summed E-state index contributed by atoms with van der Waals surface area (Å²) in [5, 5.41) is 6.38. The minimum Gasteiger partial charge on any atom is -0.481 e. The Morgan fingerprint density at radius 1 is 1.42 bits per heavy atom. The molecule has 0 amide bonds. The highest BCUT2D eigenvalue weighted by atomic mass is 32.1. The molecule has 1 N–H and O–H groups in total. The van der Waals surface area contributed by atoms with Crippen LogP contribution in [0.4, 0.5) is 0 Å². The van der Waals surface area contributed by atoms with E-state index >= 15 is 0 Å². The summed E-state index contributed by atoms with van der Waals surface area (Å²) in [6.07, 6.45) is 2.61. The lowest BCUT2D eigenvalue weighted by Gasteiger charge is -2.09. The molecule has 0 radical (unpaired) electrons. The quantitative estimate of drug-likeness (QED) is 0.880. The minimum atomic E-state index is 0.258. The van der Waals surface area contributed by atoms with Gasteiger partial charge in [0.15, 0.2) is 0 Å². The fraction of sp³-hybridized carbons (Fsp3) is 0.462. The number of hydrogen-bond acceptors (Lipinski definition) is 6. The number of nitrogens with one attached hydrogen (secondary N) is 1. The first-order valence-corrected chi connectivity index (χ1v) is 7.17. The monoisotopic (exact) mass is 278 g/mol. The Hall–Kier alpha value is -1.53. The van der Waals surface area contributed by atoms with E-state index in [4.69, 9.17) is 4.74 Å². The molecule has 0 bridgehead atoms. The number of aromatic nitrogens is 3. The molecule has 0 saturated carbocycles. The van der Waals surface area contributed by atoms with Crippen molar-refractivity contribution in [2.75, 3.05) is 13.7 Å². The second-order valence-corrected chi connectivity index (χ2v) is 5.06. The van der Waals surface area contributed by atoms with Gasteiger partial charge in [0.05, 0.1) is 12.8 Å². The zero-order valence-electron chi connectivity index (χ0n) is 11.4. The van der Waals surface area contributed by atoms with Crippen LogP contribution in [0.25, 0.3) is 10.7 Å². The van der Waals surface area contributed by atoms with E-state index in [0.29, 0.717) is 5.88 Å². The van der Waals surface area contributed by atoms with E-state index in [1.807, 2.05) is 0 Å². The highest BCUT2D eigenvalue weighted by Gasteiger charge is 2.11. The van der Waals surface area contributed by atoms with Crippen molar-refractivity contribution >= 4 is 11.3 Å². The van der Waals surface area contributed by atoms with Crippen LogP contribution >= 0.6 is 11.3 Å². The average Bonchev–Trinajstić information content (AvgIpc) is 2.94. The predicted molar refractivity (Wildman–Crippen MR) is 76.4 cm³/mol. The lowest BCUT2D eigenvalue weighted by molar-refractivity contribution is 0.397. The van der Waals surface area contributed by atoms with Gasteiger partial charge in [-0.25, -0.2) is 15.0 Å². The zero-order chi connectivity index (χ0) is 13.7. The number of thiazole rings is 1. The smallest absolute Gasteiger partial charge is 0.216 e. The summed E-state index contributed by atoms with van der Waals surface area (Å²) in [4.78, 5) is 12.8. The van der Waals surface area contributed by atoms with Gasteiger partial charge in [0, 0.05) is 17.5 Å². The first-order chi connectivity index (χ1) is 9.24. The van der Waals surface area contributed by atoms with Crippen LogP contribution in [0.2, 0.25) is 0 Å². The van der Waals surface area contributed by atoms with Crippen molar-refractivity contribution in [1.82, 2.24) is 20.3 Å². The molecule has 0 saturated heterocycles. The van der Waals surface area contributed by atoms with Crippen LogP contribution in [0.3, 0.4) is 0 Å². The summed E-state index contributed by atoms with van der Waals surface area (Å²) in [6, 6.07) is 2.06. The van der Waals surface area contributed by atoms with Crippen LogP contribution < -0.4 is 10.1 Å². The van der Waals surface area contributed by atoms with Crippen molar-refractivity contribution in [2.45, 2.75) is 26.3 Å². The van der Waals surface area contributed by atoms with Crippen molar-refractivity contribution in [3.63, 3.8) is 0 Å². The molecular weight excluding hydrogens is 260 g/mol. The van der Waals surface area contributed by atoms with Crippen molar-refractivity contribution < 1.29 is 4.74 Å². The van der Waals surface area contributed by atoms with Gasteiger partial charge in [-0.1, -0.05) is 6.92 Å². The van der Waals surface area contributed by atoms with E-state index < -0.39 is 0 Å². The van der Waals surface area contributed by atoms with Crippen molar-refractivity contribution in [3.05, 3.63) is 23.5 Å². The second kappa shape index (κ2) is 6.58. The van der Waals surface area contributed by atoms with E-state index in [1.54, 1.807) is 24.5 Å². The molecule has 1 atom stereocenters.